The van der Waals surface area contributed by atoms with E-state index >= 15 is 0 Å². The minimum Gasteiger partial charge on any atom is -0.469 e. The molecule has 0 fully saturated rings. The van der Waals surface area contributed by atoms with Gasteiger partial charge in [0.2, 0.25) is 5.88 Å². The van der Waals surface area contributed by atoms with Crippen LogP contribution in [0.3, 0.4) is 0 Å². The number of nitrogens with zero attached hydrogens (tertiary/aromatic N) is 2. The van der Waals surface area contributed by atoms with Crippen LogP contribution in [-0.4, -0.2) is 22.4 Å². The number of ether oxygens (including phenoxy) is 1. The van der Waals surface area contributed by atoms with Gasteiger partial charge in [-0.2, -0.15) is 0 Å². The second kappa shape index (κ2) is 7.21. The fourth-order valence-corrected chi connectivity index (χ4v) is 2.55. The summed E-state index contributed by atoms with van der Waals surface area (Å²) < 4.78 is 5.63. The summed E-state index contributed by atoms with van der Waals surface area (Å²) in [6.07, 6.45) is 2.53. The van der Waals surface area contributed by atoms with Crippen molar-refractivity contribution in [3.63, 3.8) is 0 Å². The van der Waals surface area contributed by atoms with Crippen molar-refractivity contribution in [2.75, 3.05) is 6.61 Å². The SMILES string of the molecule is CCC(C)c1ccc(C(=O)COc2ncnc3ccccc23)cc1. The minimum absolute atomic E-state index is 0.0380. The minimum atomic E-state index is -0.0617. The summed E-state index contributed by atoms with van der Waals surface area (Å²) in [5.74, 6) is 0.872. The van der Waals surface area contributed by atoms with Crippen LogP contribution in [0.1, 0.15) is 42.1 Å². The van der Waals surface area contributed by atoms with Gasteiger partial charge in [-0.25, -0.2) is 9.97 Å². The van der Waals surface area contributed by atoms with Crippen LogP contribution in [0, 0.1) is 0 Å². The fourth-order valence-electron chi connectivity index (χ4n) is 2.55. The zero-order valence-electron chi connectivity index (χ0n) is 13.9. The Hall–Kier alpha value is -2.75. The van der Waals surface area contributed by atoms with Gasteiger partial charge in [0.25, 0.3) is 0 Å². The molecule has 0 saturated carbocycles. The summed E-state index contributed by atoms with van der Waals surface area (Å²) in [6.45, 7) is 4.30. The molecule has 1 heterocycles. The molecule has 0 aliphatic carbocycles. The van der Waals surface area contributed by atoms with E-state index in [0.29, 0.717) is 17.4 Å². The van der Waals surface area contributed by atoms with Gasteiger partial charge in [-0.1, -0.05) is 50.2 Å². The van der Waals surface area contributed by atoms with E-state index in [1.165, 1.54) is 11.9 Å². The second-order valence-electron chi connectivity index (χ2n) is 5.84. The third-order valence-corrected chi connectivity index (χ3v) is 4.26. The third-order valence-electron chi connectivity index (χ3n) is 4.26. The number of rotatable bonds is 6. The van der Waals surface area contributed by atoms with Crippen molar-refractivity contribution in [3.8, 4) is 5.88 Å². The zero-order valence-corrected chi connectivity index (χ0v) is 13.9. The molecule has 4 nitrogen and oxygen atoms in total. The second-order valence-corrected chi connectivity index (χ2v) is 5.84. The molecule has 3 aromatic rings. The van der Waals surface area contributed by atoms with Crippen molar-refractivity contribution in [1.29, 1.82) is 0 Å². The Labute approximate surface area is 141 Å². The highest BCUT2D eigenvalue weighted by molar-refractivity contribution is 5.97. The number of fused-ring (bicyclic) bond motifs is 1. The van der Waals surface area contributed by atoms with Crippen LogP contribution in [0.25, 0.3) is 10.9 Å². The van der Waals surface area contributed by atoms with E-state index in [9.17, 15) is 4.79 Å². The van der Waals surface area contributed by atoms with Crippen molar-refractivity contribution in [2.24, 2.45) is 0 Å². The molecule has 1 unspecified atom stereocenters. The highest BCUT2D eigenvalue weighted by atomic mass is 16.5. The Kier molecular flexibility index (Phi) is 4.85. The number of para-hydroxylation sites is 1. The van der Waals surface area contributed by atoms with Crippen LogP contribution < -0.4 is 4.74 Å². The Morgan fingerprint density at radius 2 is 1.83 bits per heavy atom. The fraction of sp³-hybridized carbons (Fsp3) is 0.250. The summed E-state index contributed by atoms with van der Waals surface area (Å²) in [7, 11) is 0. The lowest BCUT2D eigenvalue weighted by Crippen LogP contribution is -2.12. The Morgan fingerprint density at radius 1 is 1.08 bits per heavy atom. The first-order chi connectivity index (χ1) is 11.7. The van der Waals surface area contributed by atoms with E-state index in [-0.39, 0.29) is 12.4 Å². The van der Waals surface area contributed by atoms with E-state index in [4.69, 9.17) is 4.74 Å². The molecule has 0 amide bonds. The van der Waals surface area contributed by atoms with Crippen LogP contribution in [-0.2, 0) is 0 Å². The number of benzene rings is 2. The van der Waals surface area contributed by atoms with E-state index in [2.05, 4.69) is 23.8 Å². The van der Waals surface area contributed by atoms with Crippen molar-refractivity contribution in [1.82, 2.24) is 9.97 Å². The average molecular weight is 320 g/mol. The van der Waals surface area contributed by atoms with Crippen LogP contribution in [0.4, 0.5) is 0 Å². The number of hydrogen-bond donors (Lipinski definition) is 0. The van der Waals surface area contributed by atoms with Crippen LogP contribution in [0.2, 0.25) is 0 Å². The molecule has 3 rings (SSSR count). The van der Waals surface area contributed by atoms with Crippen molar-refractivity contribution in [2.45, 2.75) is 26.2 Å². The summed E-state index contributed by atoms with van der Waals surface area (Å²) in [5, 5.41) is 0.805. The number of carbonyl (C=O) groups excluding carboxylic acids is 1. The highest BCUT2D eigenvalue weighted by Gasteiger charge is 2.11. The third kappa shape index (κ3) is 3.43. The first-order valence-corrected chi connectivity index (χ1v) is 8.14. The van der Waals surface area contributed by atoms with Gasteiger partial charge in [-0.3, -0.25) is 4.79 Å². The molecular weight excluding hydrogens is 300 g/mol. The maximum absolute atomic E-state index is 12.3. The molecule has 0 saturated heterocycles. The normalized spacial score (nSPS) is 12.1. The van der Waals surface area contributed by atoms with Gasteiger partial charge in [0.1, 0.15) is 6.33 Å². The smallest absolute Gasteiger partial charge is 0.224 e. The van der Waals surface area contributed by atoms with Gasteiger partial charge in [-0.15, -0.1) is 0 Å². The Bertz CT molecular complexity index is 838. The molecular formula is C20H20N2O2. The van der Waals surface area contributed by atoms with Gasteiger partial charge in [-0.05, 0) is 30.0 Å². The molecule has 4 heteroatoms. The molecule has 1 atom stereocenters. The lowest BCUT2D eigenvalue weighted by molar-refractivity contribution is 0.0919. The van der Waals surface area contributed by atoms with Crippen LogP contribution in [0.5, 0.6) is 5.88 Å². The summed E-state index contributed by atoms with van der Waals surface area (Å²) >= 11 is 0. The summed E-state index contributed by atoms with van der Waals surface area (Å²) in [6, 6.07) is 15.3. The maximum Gasteiger partial charge on any atom is 0.224 e. The van der Waals surface area contributed by atoms with Crippen LogP contribution in [0.15, 0.2) is 54.9 Å². The molecule has 0 radical (unpaired) electrons. The predicted octanol–water partition coefficient (Wildman–Crippen LogP) is 4.41. The van der Waals surface area contributed by atoms with E-state index in [0.717, 1.165) is 17.3 Å². The number of Topliss-reactive ketones (excluding diaryl/α,β-unsaturated/α-hetero) is 1. The monoisotopic (exact) mass is 320 g/mol. The Balaban J connectivity index is 1.71. The molecule has 1 aromatic heterocycles. The molecule has 122 valence electrons. The van der Waals surface area contributed by atoms with E-state index in [1.807, 2.05) is 48.5 Å². The first kappa shape index (κ1) is 16.1. The average Bonchev–Trinajstić information content (AvgIpc) is 2.65. The van der Waals surface area contributed by atoms with Gasteiger partial charge < -0.3 is 4.74 Å². The molecule has 0 N–H and O–H groups in total. The lowest BCUT2D eigenvalue weighted by Gasteiger charge is -2.10. The number of hydrogen-bond acceptors (Lipinski definition) is 4. The molecule has 24 heavy (non-hydrogen) atoms. The van der Waals surface area contributed by atoms with Crippen molar-refractivity contribution >= 4 is 16.7 Å². The van der Waals surface area contributed by atoms with Crippen molar-refractivity contribution in [3.05, 3.63) is 66.0 Å². The van der Waals surface area contributed by atoms with Gasteiger partial charge >= 0.3 is 0 Å². The predicted molar refractivity (Wildman–Crippen MR) is 94.5 cm³/mol. The lowest BCUT2D eigenvalue weighted by atomic mass is 9.97. The Morgan fingerprint density at radius 3 is 2.58 bits per heavy atom. The zero-order chi connectivity index (χ0) is 16.9. The highest BCUT2D eigenvalue weighted by Crippen LogP contribution is 2.21. The van der Waals surface area contributed by atoms with E-state index in [1.54, 1.807) is 0 Å². The first-order valence-electron chi connectivity index (χ1n) is 8.14. The largest absolute Gasteiger partial charge is 0.469 e. The van der Waals surface area contributed by atoms with Crippen LogP contribution >= 0.6 is 0 Å². The van der Waals surface area contributed by atoms with Gasteiger partial charge in [0.15, 0.2) is 12.4 Å². The molecule has 0 aliphatic heterocycles. The van der Waals surface area contributed by atoms with Gasteiger partial charge in [0, 0.05) is 5.56 Å². The summed E-state index contributed by atoms with van der Waals surface area (Å²) in [4.78, 5) is 20.7. The number of carbonyl (C=O) groups is 1. The molecule has 0 aliphatic rings. The maximum atomic E-state index is 12.3. The van der Waals surface area contributed by atoms with Gasteiger partial charge in [0.05, 0.1) is 10.9 Å². The quantitative estimate of drug-likeness (QED) is 0.631. The van der Waals surface area contributed by atoms with E-state index < -0.39 is 0 Å². The molecule has 0 spiro atoms. The topological polar surface area (TPSA) is 52.1 Å². The molecule has 0 bridgehead atoms. The number of aromatic nitrogens is 2. The standard InChI is InChI=1S/C20H20N2O2/c1-3-14(2)15-8-10-16(11-9-15)19(23)12-24-20-17-6-4-5-7-18(17)21-13-22-20/h4-11,13-14H,3,12H2,1-2H3. The number of ketones is 1. The summed E-state index contributed by atoms with van der Waals surface area (Å²) in [5.41, 5.74) is 2.70. The van der Waals surface area contributed by atoms with Crippen molar-refractivity contribution < 1.29 is 9.53 Å². The molecule has 2 aromatic carbocycles.